The average Bonchev–Trinajstić information content (AvgIpc) is 2.31. The second-order valence-electron chi connectivity index (χ2n) is 4.52. The molecule has 0 aromatic carbocycles. The molecule has 0 amide bonds. The fourth-order valence-electron chi connectivity index (χ4n) is 1.55. The second kappa shape index (κ2) is 26.0. The van der Waals surface area contributed by atoms with Crippen molar-refractivity contribution < 1.29 is 40.8 Å². The van der Waals surface area contributed by atoms with Crippen LogP contribution in [0.2, 0.25) is 0 Å². The predicted molar refractivity (Wildman–Crippen MR) is 77.5 cm³/mol. The van der Waals surface area contributed by atoms with Gasteiger partial charge in [-0.15, -0.1) is 0 Å². The monoisotopic (exact) mass is 368 g/mol. The van der Waals surface area contributed by atoms with Gasteiger partial charge in [-0.05, 0) is 0 Å². The molecule has 0 saturated carbocycles. The predicted octanol–water partition coefficient (Wildman–Crippen LogP) is 6.36. The quantitative estimate of drug-likeness (QED) is 0.310. The zero-order chi connectivity index (χ0) is 12.5. The minimum Gasteiger partial charge on any atom is -0.332 e. The Morgan fingerprint density at radius 2 is 0.941 bits per heavy atom. The van der Waals surface area contributed by atoms with E-state index in [0.717, 1.165) is 0 Å². The standard InChI is InChI=1S/2C8H17.Nd/c2*1-3-5-7-8-6-4-2;/h2*3H,4-8H2,1-2H3;/q2*-1;. The molecule has 0 fully saturated rings. The SMILES string of the molecule is C[CH-]CCCCCC.C[CH-]CCCCCC.[Nd]. The number of hydrogen-bond donors (Lipinski definition) is 0. The molecule has 0 bridgehead atoms. The van der Waals surface area contributed by atoms with E-state index in [1.165, 1.54) is 64.2 Å². The van der Waals surface area contributed by atoms with E-state index in [1.807, 2.05) is 0 Å². The van der Waals surface area contributed by atoms with E-state index in [9.17, 15) is 0 Å². The van der Waals surface area contributed by atoms with Crippen molar-refractivity contribution in [1.29, 1.82) is 0 Å². The first kappa shape index (κ1) is 23.4. The van der Waals surface area contributed by atoms with Crippen LogP contribution in [0.3, 0.4) is 0 Å². The molecular weight excluding hydrogens is 336 g/mol. The van der Waals surface area contributed by atoms with Gasteiger partial charge in [0.1, 0.15) is 0 Å². The molecule has 0 aromatic heterocycles. The third-order valence-electron chi connectivity index (χ3n) is 2.69. The summed E-state index contributed by atoms with van der Waals surface area (Å²) in [5.74, 6) is 0. The van der Waals surface area contributed by atoms with E-state index in [4.69, 9.17) is 0 Å². The first-order valence-electron chi connectivity index (χ1n) is 7.39. The summed E-state index contributed by atoms with van der Waals surface area (Å²) < 4.78 is 0. The van der Waals surface area contributed by atoms with Crippen molar-refractivity contribution in [3.8, 4) is 0 Å². The summed E-state index contributed by atoms with van der Waals surface area (Å²) >= 11 is 0. The summed E-state index contributed by atoms with van der Waals surface area (Å²) in [6.45, 7) is 8.75. The van der Waals surface area contributed by atoms with Crippen molar-refractivity contribution in [3.05, 3.63) is 12.8 Å². The van der Waals surface area contributed by atoms with Crippen molar-refractivity contribution in [1.82, 2.24) is 0 Å². The zero-order valence-corrected chi connectivity index (χ0v) is 15.9. The number of unbranched alkanes of at least 4 members (excludes halogenated alkanes) is 10. The summed E-state index contributed by atoms with van der Waals surface area (Å²) in [5.41, 5.74) is 0. The van der Waals surface area contributed by atoms with Crippen LogP contribution in [0.1, 0.15) is 91.9 Å². The van der Waals surface area contributed by atoms with Gasteiger partial charge in [0, 0.05) is 40.8 Å². The maximum atomic E-state index is 2.25. The van der Waals surface area contributed by atoms with Gasteiger partial charge in [-0.25, -0.2) is 0 Å². The van der Waals surface area contributed by atoms with E-state index in [-0.39, 0.29) is 40.8 Å². The normalized spacial score (nSPS) is 9.18. The molecule has 0 aliphatic heterocycles. The molecule has 0 spiro atoms. The molecule has 0 rings (SSSR count). The van der Waals surface area contributed by atoms with Crippen LogP contribution in [-0.4, -0.2) is 0 Å². The first-order valence-corrected chi connectivity index (χ1v) is 7.39. The second-order valence-corrected chi connectivity index (χ2v) is 4.52. The van der Waals surface area contributed by atoms with E-state index >= 15 is 0 Å². The van der Waals surface area contributed by atoms with Crippen LogP contribution >= 0.6 is 0 Å². The molecule has 17 heavy (non-hydrogen) atoms. The topological polar surface area (TPSA) is 0 Å². The van der Waals surface area contributed by atoms with Gasteiger partial charge in [-0.3, -0.25) is 0 Å². The molecule has 0 N–H and O–H groups in total. The summed E-state index contributed by atoms with van der Waals surface area (Å²) in [6.07, 6.45) is 18.2. The van der Waals surface area contributed by atoms with Crippen LogP contribution in [-0.2, 0) is 0 Å². The number of hydrogen-bond acceptors (Lipinski definition) is 0. The number of rotatable bonds is 10. The maximum Gasteiger partial charge on any atom is 0 e. The Hall–Kier alpha value is 1.35. The van der Waals surface area contributed by atoms with Crippen LogP contribution < -0.4 is 0 Å². The van der Waals surface area contributed by atoms with Crippen LogP contribution in [0.5, 0.6) is 0 Å². The first-order chi connectivity index (χ1) is 7.83. The molecule has 0 aliphatic rings. The molecule has 1 heteroatoms. The van der Waals surface area contributed by atoms with E-state index in [1.54, 1.807) is 0 Å². The van der Waals surface area contributed by atoms with Gasteiger partial charge in [0.05, 0.1) is 0 Å². The van der Waals surface area contributed by atoms with Crippen molar-refractivity contribution in [2.75, 3.05) is 0 Å². The van der Waals surface area contributed by atoms with Crippen LogP contribution in [0.4, 0.5) is 0 Å². The van der Waals surface area contributed by atoms with Crippen molar-refractivity contribution in [2.24, 2.45) is 0 Å². The van der Waals surface area contributed by atoms with Gasteiger partial charge in [0.15, 0.2) is 0 Å². The van der Waals surface area contributed by atoms with E-state index in [2.05, 4.69) is 40.5 Å². The summed E-state index contributed by atoms with van der Waals surface area (Å²) in [5, 5.41) is 0. The smallest absolute Gasteiger partial charge is 0 e. The maximum absolute atomic E-state index is 2.25. The summed E-state index contributed by atoms with van der Waals surface area (Å²) in [6, 6.07) is 0. The third-order valence-corrected chi connectivity index (χ3v) is 2.69. The molecule has 0 atom stereocenters. The molecule has 0 radical (unpaired) electrons. The minimum atomic E-state index is 0. The van der Waals surface area contributed by atoms with Gasteiger partial charge in [-0.1, -0.05) is 65.2 Å². The largest absolute Gasteiger partial charge is 0.332 e. The molecule has 0 heterocycles. The molecule has 0 unspecified atom stereocenters. The molecule has 0 aliphatic carbocycles. The Kier molecular flexibility index (Phi) is 35.9. The van der Waals surface area contributed by atoms with Crippen molar-refractivity contribution in [2.45, 2.75) is 91.9 Å². The Morgan fingerprint density at radius 1 is 0.588 bits per heavy atom. The molecule has 0 nitrogen and oxygen atoms in total. The fraction of sp³-hybridized carbons (Fsp3) is 0.875. The third kappa shape index (κ3) is 31.7. The molecule has 0 aromatic rings. The van der Waals surface area contributed by atoms with Gasteiger partial charge in [0.2, 0.25) is 0 Å². The Morgan fingerprint density at radius 3 is 1.18 bits per heavy atom. The Bertz CT molecular complexity index is 67.5. The Balaban J connectivity index is -0.000000218. The van der Waals surface area contributed by atoms with Crippen molar-refractivity contribution >= 4 is 0 Å². The van der Waals surface area contributed by atoms with Crippen LogP contribution in [0, 0.1) is 53.7 Å². The minimum absolute atomic E-state index is 0. The van der Waals surface area contributed by atoms with Gasteiger partial charge >= 0.3 is 0 Å². The van der Waals surface area contributed by atoms with Crippen LogP contribution in [0.15, 0.2) is 0 Å². The van der Waals surface area contributed by atoms with Crippen LogP contribution in [0.25, 0.3) is 0 Å². The summed E-state index contributed by atoms with van der Waals surface area (Å²) in [4.78, 5) is 0. The van der Waals surface area contributed by atoms with Gasteiger partial charge in [0.25, 0.3) is 0 Å². The molecular formula is C16H34Nd-2. The van der Waals surface area contributed by atoms with Gasteiger partial charge < -0.3 is 12.8 Å². The van der Waals surface area contributed by atoms with Crippen molar-refractivity contribution in [3.63, 3.8) is 0 Å². The average molecular weight is 371 g/mol. The molecule has 104 valence electrons. The van der Waals surface area contributed by atoms with Gasteiger partial charge in [-0.2, -0.15) is 26.7 Å². The summed E-state index contributed by atoms with van der Waals surface area (Å²) in [7, 11) is 0. The molecule has 0 saturated heterocycles. The van der Waals surface area contributed by atoms with E-state index < -0.39 is 0 Å². The van der Waals surface area contributed by atoms with E-state index in [0.29, 0.717) is 0 Å². The zero-order valence-electron chi connectivity index (χ0n) is 12.7. The fourth-order valence-corrected chi connectivity index (χ4v) is 1.55. The Labute approximate surface area is 144 Å².